The molecule has 0 atom stereocenters. The van der Waals surface area contributed by atoms with Gasteiger partial charge in [0.1, 0.15) is 12.3 Å². The van der Waals surface area contributed by atoms with Crippen molar-refractivity contribution in [3.63, 3.8) is 0 Å². The fraction of sp³-hybridized carbons (Fsp3) is 0.179. The van der Waals surface area contributed by atoms with Crippen LogP contribution in [0, 0.1) is 0 Å². The van der Waals surface area contributed by atoms with Crippen molar-refractivity contribution in [3.8, 4) is 16.9 Å². The van der Waals surface area contributed by atoms with Gasteiger partial charge in [-0.05, 0) is 47.4 Å². The van der Waals surface area contributed by atoms with Crippen molar-refractivity contribution in [1.29, 1.82) is 0 Å². The number of benzene rings is 3. The van der Waals surface area contributed by atoms with Gasteiger partial charge in [-0.25, -0.2) is 0 Å². The average molecular weight is 475 g/mol. The molecule has 4 aromatic rings. The lowest BCUT2D eigenvalue weighted by Gasteiger charge is -2.07. The minimum absolute atomic E-state index is 0.231. The second kappa shape index (κ2) is 10.6. The lowest BCUT2D eigenvalue weighted by Crippen LogP contribution is -2.38. The molecule has 0 aliphatic heterocycles. The zero-order valence-electron chi connectivity index (χ0n) is 19.1. The number of fused-ring (bicyclic) bond motifs is 1. The topological polar surface area (TPSA) is 67.5 Å². The summed E-state index contributed by atoms with van der Waals surface area (Å²) < 4.78 is 38.8. The van der Waals surface area contributed by atoms with Crippen LogP contribution in [0.25, 0.3) is 34.2 Å². The Morgan fingerprint density at radius 2 is 1.59 bits per heavy atom. The van der Waals surface area contributed by atoms with E-state index in [1.165, 1.54) is 11.1 Å². The minimum atomic E-state index is -3.95. The maximum Gasteiger partial charge on any atom is 0.264 e. The molecule has 5 nitrogen and oxygen atoms in total. The molecule has 0 bridgehead atoms. The Bertz CT molecular complexity index is 1400. The quantitative estimate of drug-likeness (QED) is 0.194. The number of hydrogen-bond donors (Lipinski definition) is 1. The van der Waals surface area contributed by atoms with E-state index in [1.54, 1.807) is 7.11 Å². The molecule has 0 amide bonds. The largest absolute Gasteiger partial charge is 0.497 e. The Morgan fingerprint density at radius 3 is 2.29 bits per heavy atom. The van der Waals surface area contributed by atoms with Crippen LogP contribution in [-0.4, -0.2) is 25.8 Å². The van der Waals surface area contributed by atoms with Gasteiger partial charge in [0.15, 0.2) is 0 Å². The fourth-order valence-corrected chi connectivity index (χ4v) is 4.56. The maximum atomic E-state index is 11.1. The fourth-order valence-electron chi connectivity index (χ4n) is 3.99. The normalized spacial score (nSPS) is 11.8. The molecule has 1 N–H and O–H groups in total. The van der Waals surface area contributed by atoms with Gasteiger partial charge in [-0.3, -0.25) is 4.55 Å². The molecule has 34 heavy (non-hydrogen) atoms. The number of nitrogens with zero attached hydrogens (tertiary/aromatic N) is 1. The molecule has 6 heteroatoms. The number of ether oxygens (including phenoxy) is 1. The monoisotopic (exact) mass is 474 g/mol. The van der Waals surface area contributed by atoms with Crippen molar-refractivity contribution in [2.75, 3.05) is 12.9 Å². The molecule has 0 aliphatic carbocycles. The van der Waals surface area contributed by atoms with E-state index in [0.29, 0.717) is 19.4 Å². The van der Waals surface area contributed by atoms with Gasteiger partial charge in [0.25, 0.3) is 10.1 Å². The van der Waals surface area contributed by atoms with Crippen LogP contribution in [-0.2, 0) is 16.7 Å². The molecule has 174 valence electrons. The Balaban J connectivity index is 1.60. The highest BCUT2D eigenvalue weighted by molar-refractivity contribution is 7.85. The predicted molar refractivity (Wildman–Crippen MR) is 137 cm³/mol. The second-order valence-corrected chi connectivity index (χ2v) is 9.72. The predicted octanol–water partition coefficient (Wildman–Crippen LogP) is 5.64. The number of methoxy groups -OCH3 is 1. The van der Waals surface area contributed by atoms with Crippen LogP contribution in [0.3, 0.4) is 0 Å². The summed E-state index contributed by atoms with van der Waals surface area (Å²) in [6.45, 7) is 0.631. The molecule has 0 aliphatic rings. The van der Waals surface area contributed by atoms with Gasteiger partial charge >= 0.3 is 0 Å². The molecule has 0 unspecified atom stereocenters. The Kier molecular flexibility index (Phi) is 7.40. The van der Waals surface area contributed by atoms with Gasteiger partial charge in [0, 0.05) is 24.6 Å². The van der Waals surface area contributed by atoms with Crippen LogP contribution < -0.4 is 9.30 Å². The number of aromatic nitrogens is 1. The van der Waals surface area contributed by atoms with Crippen LogP contribution in [0.4, 0.5) is 0 Å². The van der Waals surface area contributed by atoms with E-state index in [2.05, 4.69) is 65.3 Å². The van der Waals surface area contributed by atoms with E-state index in [-0.39, 0.29) is 5.75 Å². The molecule has 0 saturated carbocycles. The van der Waals surface area contributed by atoms with E-state index in [1.807, 2.05) is 36.4 Å². The maximum absolute atomic E-state index is 11.1. The van der Waals surface area contributed by atoms with Gasteiger partial charge in [0.2, 0.25) is 11.2 Å². The molecule has 1 heterocycles. The van der Waals surface area contributed by atoms with Crippen LogP contribution in [0.2, 0.25) is 0 Å². The van der Waals surface area contributed by atoms with E-state index in [4.69, 9.17) is 9.29 Å². The standard InChI is InChI=1S/C28H27NO4S/c1-33-27-17-18-28-25(21-27)14-16-26(29(28)19-5-6-20-34(30,31)32)15-11-22-9-12-24(13-10-22)23-7-3-2-4-8-23/h2-4,7-18,21H,5-6,19-20H2,1H3/p+1. The van der Waals surface area contributed by atoms with Crippen molar-refractivity contribution in [1.82, 2.24) is 0 Å². The molecule has 0 radical (unpaired) electrons. The summed E-state index contributed by atoms with van der Waals surface area (Å²) in [7, 11) is -2.31. The zero-order chi connectivity index (χ0) is 24.0. The molecular weight excluding hydrogens is 446 g/mol. The number of aryl methyl sites for hydroxylation is 1. The zero-order valence-corrected chi connectivity index (χ0v) is 19.9. The smallest absolute Gasteiger partial charge is 0.264 e. The first-order valence-corrected chi connectivity index (χ1v) is 12.8. The molecular formula is C28H28NO4S+. The summed E-state index contributed by atoms with van der Waals surface area (Å²) in [4.78, 5) is 0. The van der Waals surface area contributed by atoms with Gasteiger partial charge in [0.05, 0.1) is 18.2 Å². The van der Waals surface area contributed by atoms with Crippen LogP contribution >= 0.6 is 0 Å². The average Bonchev–Trinajstić information content (AvgIpc) is 2.85. The van der Waals surface area contributed by atoms with E-state index < -0.39 is 10.1 Å². The summed E-state index contributed by atoms with van der Waals surface area (Å²) >= 11 is 0. The van der Waals surface area contributed by atoms with Crippen molar-refractivity contribution >= 4 is 33.2 Å². The molecule has 0 saturated heterocycles. The van der Waals surface area contributed by atoms with Crippen LogP contribution in [0.5, 0.6) is 5.75 Å². The van der Waals surface area contributed by atoms with Crippen molar-refractivity contribution < 1.29 is 22.3 Å². The third-order valence-electron chi connectivity index (χ3n) is 5.77. The lowest BCUT2D eigenvalue weighted by atomic mass is 10.0. The summed E-state index contributed by atoms with van der Waals surface area (Å²) in [5.41, 5.74) is 5.50. The first-order valence-electron chi connectivity index (χ1n) is 11.2. The second-order valence-electron chi connectivity index (χ2n) is 8.15. The summed E-state index contributed by atoms with van der Waals surface area (Å²) in [6.07, 6.45) is 5.17. The first kappa shape index (κ1) is 23.7. The lowest BCUT2D eigenvalue weighted by molar-refractivity contribution is -0.673. The van der Waals surface area contributed by atoms with Crippen LogP contribution in [0.15, 0.2) is 84.9 Å². The number of hydrogen-bond acceptors (Lipinski definition) is 3. The van der Waals surface area contributed by atoms with Crippen molar-refractivity contribution in [2.45, 2.75) is 19.4 Å². The van der Waals surface area contributed by atoms with E-state index >= 15 is 0 Å². The minimum Gasteiger partial charge on any atom is -0.497 e. The Hall–Kier alpha value is -3.48. The Labute approximate surface area is 200 Å². The van der Waals surface area contributed by atoms with Crippen molar-refractivity contribution in [3.05, 3.63) is 96.2 Å². The molecule has 1 aromatic heterocycles. The molecule has 3 aromatic carbocycles. The molecule has 4 rings (SSSR count). The third kappa shape index (κ3) is 6.10. The van der Waals surface area contributed by atoms with Crippen molar-refractivity contribution in [2.24, 2.45) is 0 Å². The van der Waals surface area contributed by atoms with E-state index in [0.717, 1.165) is 27.9 Å². The van der Waals surface area contributed by atoms with E-state index in [9.17, 15) is 8.42 Å². The summed E-state index contributed by atoms with van der Waals surface area (Å²) in [6, 6.07) is 28.7. The number of rotatable bonds is 9. The highest BCUT2D eigenvalue weighted by Gasteiger charge is 2.15. The molecule has 0 fully saturated rings. The number of pyridine rings is 1. The third-order valence-corrected chi connectivity index (χ3v) is 6.57. The summed E-state index contributed by atoms with van der Waals surface area (Å²) in [5, 5.41) is 1.04. The number of unbranched alkanes of at least 4 members (excludes halogenated alkanes) is 1. The van der Waals surface area contributed by atoms with Gasteiger partial charge < -0.3 is 4.74 Å². The highest BCUT2D eigenvalue weighted by atomic mass is 32.2. The highest BCUT2D eigenvalue weighted by Crippen LogP contribution is 2.22. The summed E-state index contributed by atoms with van der Waals surface area (Å²) in [5.74, 6) is 0.553. The Morgan fingerprint density at radius 1 is 0.853 bits per heavy atom. The SMILES string of the molecule is COc1ccc2c(ccc(C=Cc3ccc(-c4ccccc4)cc3)[n+]2CCCCS(=O)(=O)O)c1. The molecule has 0 spiro atoms. The first-order chi connectivity index (χ1) is 16.4. The van der Waals surface area contributed by atoms with Gasteiger partial charge in [-0.2, -0.15) is 13.0 Å². The van der Waals surface area contributed by atoms with Gasteiger partial charge in [-0.15, -0.1) is 0 Å². The van der Waals surface area contributed by atoms with Crippen LogP contribution in [0.1, 0.15) is 24.1 Å². The van der Waals surface area contributed by atoms with Gasteiger partial charge in [-0.1, -0.05) is 54.6 Å².